The molecule has 2 aliphatic rings. The van der Waals surface area contributed by atoms with Crippen LogP contribution in [0.25, 0.3) is 0 Å². The molecule has 2 aliphatic carbocycles. The Bertz CT molecular complexity index is 141. The molecule has 1 heteroatoms. The Labute approximate surface area is 83.3 Å². The van der Waals surface area contributed by atoms with Gasteiger partial charge in [-0.15, -0.1) is 0 Å². The second-order valence-electron chi connectivity index (χ2n) is 4.60. The van der Waals surface area contributed by atoms with Gasteiger partial charge in [0.2, 0.25) is 0 Å². The van der Waals surface area contributed by atoms with E-state index in [2.05, 4.69) is 29.5 Å². The Balaban J connectivity index is 1.87. The van der Waals surface area contributed by atoms with Crippen molar-refractivity contribution in [2.24, 2.45) is 11.3 Å². The highest BCUT2D eigenvalue weighted by molar-refractivity contribution is 14.1. The van der Waals surface area contributed by atoms with Crippen molar-refractivity contribution in [3.05, 3.63) is 0 Å². The topological polar surface area (TPSA) is 0 Å². The number of hydrogen-bond donors (Lipinski definition) is 0. The van der Waals surface area contributed by atoms with E-state index in [4.69, 9.17) is 0 Å². The number of hydrogen-bond acceptors (Lipinski definition) is 0. The molecule has 0 amide bonds. The van der Waals surface area contributed by atoms with Gasteiger partial charge in [-0.25, -0.2) is 0 Å². The Morgan fingerprint density at radius 3 is 2.09 bits per heavy atom. The van der Waals surface area contributed by atoms with Crippen molar-refractivity contribution < 1.29 is 0 Å². The van der Waals surface area contributed by atoms with E-state index in [1.165, 1.54) is 38.5 Å². The molecule has 0 radical (unpaired) electrons. The maximum Gasteiger partial charge on any atom is 0.0110 e. The van der Waals surface area contributed by atoms with E-state index >= 15 is 0 Å². The van der Waals surface area contributed by atoms with Gasteiger partial charge in [-0.05, 0) is 49.9 Å². The van der Waals surface area contributed by atoms with Crippen LogP contribution in [-0.2, 0) is 0 Å². The molecule has 0 aromatic heterocycles. The summed E-state index contributed by atoms with van der Waals surface area (Å²) < 4.78 is 0.992. The molecule has 11 heavy (non-hydrogen) atoms. The Hall–Kier alpha value is 0.730. The predicted molar refractivity (Wildman–Crippen MR) is 57.1 cm³/mol. The lowest BCUT2D eigenvalue weighted by atomic mass is 9.79. The molecule has 0 aliphatic heterocycles. The third-order valence-corrected chi connectivity index (χ3v) is 4.93. The third kappa shape index (κ3) is 1.73. The van der Waals surface area contributed by atoms with Crippen LogP contribution in [0.4, 0.5) is 0 Å². The van der Waals surface area contributed by atoms with Crippen molar-refractivity contribution in [3.8, 4) is 0 Å². The molecule has 0 spiro atoms. The summed E-state index contributed by atoms with van der Waals surface area (Å²) in [4.78, 5) is 0. The van der Waals surface area contributed by atoms with Gasteiger partial charge in [0.05, 0.1) is 0 Å². The van der Waals surface area contributed by atoms with Crippen LogP contribution in [0.2, 0.25) is 0 Å². The summed E-state index contributed by atoms with van der Waals surface area (Å²) in [6.07, 6.45) is 9.04. The highest BCUT2D eigenvalue weighted by Gasteiger charge is 2.45. The first-order valence-corrected chi connectivity index (χ1v) is 6.09. The molecular formula is C10H17I. The zero-order valence-electron chi connectivity index (χ0n) is 7.28. The van der Waals surface area contributed by atoms with Gasteiger partial charge in [0.25, 0.3) is 0 Å². The fourth-order valence-corrected chi connectivity index (χ4v) is 3.07. The van der Waals surface area contributed by atoms with Crippen LogP contribution < -0.4 is 0 Å². The van der Waals surface area contributed by atoms with Crippen LogP contribution in [0.3, 0.4) is 0 Å². The monoisotopic (exact) mass is 264 g/mol. The highest BCUT2D eigenvalue weighted by atomic mass is 127. The van der Waals surface area contributed by atoms with E-state index in [-0.39, 0.29) is 0 Å². The average Bonchev–Trinajstić information content (AvgIpc) is 2.70. The molecule has 0 nitrogen and oxygen atoms in total. The number of alkyl halides is 1. The van der Waals surface area contributed by atoms with E-state index in [0.29, 0.717) is 0 Å². The van der Waals surface area contributed by atoms with Crippen LogP contribution in [0.5, 0.6) is 0 Å². The molecule has 0 unspecified atom stereocenters. The van der Waals surface area contributed by atoms with Crippen molar-refractivity contribution >= 4 is 22.6 Å². The fourth-order valence-electron chi connectivity index (χ4n) is 2.36. The molecule has 2 rings (SSSR count). The maximum absolute atomic E-state index is 2.62. The summed E-state index contributed by atoms with van der Waals surface area (Å²) in [5, 5.41) is 0. The fraction of sp³-hybridized carbons (Fsp3) is 1.00. The van der Waals surface area contributed by atoms with E-state index in [1.807, 2.05) is 0 Å². The van der Waals surface area contributed by atoms with E-state index in [1.54, 1.807) is 0 Å². The van der Waals surface area contributed by atoms with E-state index in [0.717, 1.165) is 15.3 Å². The minimum Gasteiger partial charge on any atom is -0.0826 e. The van der Waals surface area contributed by atoms with Crippen LogP contribution in [0.15, 0.2) is 0 Å². The Kier molecular flexibility index (Phi) is 2.19. The summed E-state index contributed by atoms with van der Waals surface area (Å²) in [7, 11) is 0. The van der Waals surface area contributed by atoms with Gasteiger partial charge in [0.15, 0.2) is 0 Å². The molecule has 0 bridgehead atoms. The second kappa shape index (κ2) is 2.90. The van der Waals surface area contributed by atoms with Gasteiger partial charge in [-0.3, -0.25) is 0 Å². The number of rotatable bonds is 1. The minimum absolute atomic E-state index is 0.802. The van der Waals surface area contributed by atoms with Crippen LogP contribution >= 0.6 is 22.6 Å². The van der Waals surface area contributed by atoms with Gasteiger partial charge in [0.1, 0.15) is 0 Å². The standard InChI is InChI=1S/C10H17I/c1-10(6-7-10)8-2-4-9(11)5-3-8/h8-9H,2-7H2,1H3. The zero-order valence-corrected chi connectivity index (χ0v) is 9.43. The first-order chi connectivity index (χ1) is 5.21. The summed E-state index contributed by atoms with van der Waals surface area (Å²) in [6, 6.07) is 0. The predicted octanol–water partition coefficient (Wildman–Crippen LogP) is 3.78. The first kappa shape index (κ1) is 8.33. The van der Waals surface area contributed by atoms with Crippen molar-refractivity contribution in [2.45, 2.75) is 49.4 Å². The summed E-state index contributed by atoms with van der Waals surface area (Å²) >= 11 is 2.62. The molecule has 0 saturated heterocycles. The van der Waals surface area contributed by atoms with Crippen molar-refractivity contribution in [2.75, 3.05) is 0 Å². The van der Waals surface area contributed by atoms with Gasteiger partial charge >= 0.3 is 0 Å². The van der Waals surface area contributed by atoms with Crippen LogP contribution in [0, 0.1) is 11.3 Å². The molecule has 0 aromatic carbocycles. The average molecular weight is 264 g/mol. The van der Waals surface area contributed by atoms with E-state index in [9.17, 15) is 0 Å². The normalized spacial score (nSPS) is 42.0. The Morgan fingerprint density at radius 2 is 1.64 bits per heavy atom. The van der Waals surface area contributed by atoms with Crippen molar-refractivity contribution in [3.63, 3.8) is 0 Å². The summed E-state index contributed by atoms with van der Waals surface area (Å²) in [5.41, 5.74) is 0.802. The summed E-state index contributed by atoms with van der Waals surface area (Å²) in [5.74, 6) is 1.09. The van der Waals surface area contributed by atoms with Crippen LogP contribution in [-0.4, -0.2) is 3.92 Å². The molecule has 2 fully saturated rings. The quantitative estimate of drug-likeness (QED) is 0.499. The van der Waals surface area contributed by atoms with Crippen molar-refractivity contribution in [1.29, 1.82) is 0 Å². The van der Waals surface area contributed by atoms with Gasteiger partial charge in [-0.1, -0.05) is 29.5 Å². The minimum atomic E-state index is 0.802. The lowest BCUT2D eigenvalue weighted by Gasteiger charge is -2.30. The molecule has 2 saturated carbocycles. The third-order valence-electron chi connectivity index (χ3n) is 3.68. The molecular weight excluding hydrogens is 247 g/mol. The molecule has 0 aromatic rings. The van der Waals surface area contributed by atoms with Gasteiger partial charge < -0.3 is 0 Å². The lowest BCUT2D eigenvalue weighted by molar-refractivity contribution is 0.252. The summed E-state index contributed by atoms with van der Waals surface area (Å²) in [6.45, 7) is 2.49. The van der Waals surface area contributed by atoms with E-state index < -0.39 is 0 Å². The van der Waals surface area contributed by atoms with Crippen LogP contribution in [0.1, 0.15) is 45.4 Å². The molecule has 0 heterocycles. The zero-order chi connectivity index (χ0) is 7.90. The van der Waals surface area contributed by atoms with Crippen molar-refractivity contribution in [1.82, 2.24) is 0 Å². The SMILES string of the molecule is CC1(C2CCC(I)CC2)CC1. The Morgan fingerprint density at radius 1 is 1.09 bits per heavy atom. The second-order valence-corrected chi connectivity index (χ2v) is 6.36. The highest BCUT2D eigenvalue weighted by Crippen LogP contribution is 2.56. The maximum atomic E-state index is 2.62. The largest absolute Gasteiger partial charge is 0.0826 e. The van der Waals surface area contributed by atoms with Gasteiger partial charge in [-0.2, -0.15) is 0 Å². The molecule has 0 N–H and O–H groups in total. The first-order valence-electron chi connectivity index (χ1n) is 4.85. The number of halogens is 1. The smallest absolute Gasteiger partial charge is 0.0110 e. The lowest BCUT2D eigenvalue weighted by Crippen LogP contribution is -2.20. The molecule has 0 atom stereocenters. The molecule has 64 valence electrons. The van der Waals surface area contributed by atoms with Gasteiger partial charge in [0, 0.05) is 3.92 Å².